The fraction of sp³-hybridized carbons (Fsp3) is 0.471. The Labute approximate surface area is 171 Å². The molecule has 0 unspecified atom stereocenters. The molecule has 0 spiro atoms. The first kappa shape index (κ1) is 24.4. The highest BCUT2D eigenvalue weighted by atomic mass is 19.4. The third kappa shape index (κ3) is 6.30. The number of amides is 3. The first-order chi connectivity index (χ1) is 14.2. The van der Waals surface area contributed by atoms with Gasteiger partial charge in [0.1, 0.15) is 6.61 Å². The number of nitrogens with zero attached hydrogens (tertiary/aromatic N) is 2. The molecule has 31 heavy (non-hydrogen) atoms. The molecule has 8 nitrogen and oxygen atoms in total. The first-order valence-electron chi connectivity index (χ1n) is 8.67. The van der Waals surface area contributed by atoms with Gasteiger partial charge in [-0.3, -0.25) is 19.3 Å². The standard InChI is InChI=1S/C17H18F6N4O4/c1-26(8-16(18,19)20)13(14(24)29)15(30)25-9-2-3-11(10(6-9)17(21,22)23)27-4-5-31-7-12(27)28/h2-3,6,13H,4-5,7-8H2,1H3,(H2,24,29)(H,25,30)/t13-/m1/s1. The second kappa shape index (κ2) is 9.09. The molecule has 14 heteroatoms. The maximum Gasteiger partial charge on any atom is 0.418 e. The maximum atomic E-state index is 13.6. The smallest absolute Gasteiger partial charge is 0.370 e. The predicted molar refractivity (Wildman–Crippen MR) is 94.9 cm³/mol. The molecule has 3 N–H and O–H groups in total. The molecule has 1 aliphatic heterocycles. The highest BCUT2D eigenvalue weighted by molar-refractivity contribution is 6.09. The largest absolute Gasteiger partial charge is 0.418 e. The fourth-order valence-electron chi connectivity index (χ4n) is 2.98. The maximum absolute atomic E-state index is 13.6. The molecule has 0 saturated carbocycles. The number of hydrogen-bond acceptors (Lipinski definition) is 5. The number of likely N-dealkylation sites (N-methyl/N-ethyl adjacent to an activating group) is 1. The Hall–Kier alpha value is -2.87. The van der Waals surface area contributed by atoms with E-state index < -0.39 is 66.2 Å². The van der Waals surface area contributed by atoms with Crippen molar-refractivity contribution < 1.29 is 45.5 Å². The highest BCUT2D eigenvalue weighted by Gasteiger charge is 2.39. The Kier molecular flexibility index (Phi) is 7.16. The molecule has 0 bridgehead atoms. The average molecular weight is 456 g/mol. The minimum Gasteiger partial charge on any atom is -0.370 e. The Morgan fingerprint density at radius 3 is 2.42 bits per heavy atom. The molecule has 1 aromatic rings. The number of alkyl halides is 6. The van der Waals surface area contributed by atoms with E-state index in [1.807, 2.05) is 5.32 Å². The zero-order valence-corrected chi connectivity index (χ0v) is 16.0. The van der Waals surface area contributed by atoms with Crippen LogP contribution < -0.4 is 16.0 Å². The monoisotopic (exact) mass is 456 g/mol. The summed E-state index contributed by atoms with van der Waals surface area (Å²) in [6, 6.07) is 0.377. The van der Waals surface area contributed by atoms with Crippen LogP contribution in [0.4, 0.5) is 37.7 Å². The summed E-state index contributed by atoms with van der Waals surface area (Å²) >= 11 is 0. The van der Waals surface area contributed by atoms with Gasteiger partial charge in [0.05, 0.1) is 24.4 Å². The fourth-order valence-corrected chi connectivity index (χ4v) is 2.98. The van der Waals surface area contributed by atoms with Crippen molar-refractivity contribution in [3.8, 4) is 0 Å². The number of halogens is 6. The molecule has 0 aliphatic carbocycles. The van der Waals surface area contributed by atoms with Gasteiger partial charge in [-0.05, 0) is 25.2 Å². The minimum atomic E-state index is -4.93. The molecule has 1 heterocycles. The van der Waals surface area contributed by atoms with Crippen LogP contribution in [0.15, 0.2) is 18.2 Å². The minimum absolute atomic E-state index is 0.0212. The van der Waals surface area contributed by atoms with Crippen molar-refractivity contribution >= 4 is 29.1 Å². The summed E-state index contributed by atoms with van der Waals surface area (Å²) in [4.78, 5) is 36.9. The number of morpholine rings is 1. The molecule has 172 valence electrons. The van der Waals surface area contributed by atoms with Crippen LogP contribution in [0.1, 0.15) is 5.56 Å². The normalized spacial score (nSPS) is 16.4. The van der Waals surface area contributed by atoms with Crippen molar-refractivity contribution in [3.05, 3.63) is 23.8 Å². The van der Waals surface area contributed by atoms with Crippen molar-refractivity contribution in [1.29, 1.82) is 0 Å². The summed E-state index contributed by atoms with van der Waals surface area (Å²) < 4.78 is 83.3. The van der Waals surface area contributed by atoms with Crippen LogP contribution in [0.5, 0.6) is 0 Å². The van der Waals surface area contributed by atoms with Crippen LogP contribution in [-0.2, 0) is 25.3 Å². The molecule has 1 atom stereocenters. The van der Waals surface area contributed by atoms with Gasteiger partial charge in [-0.15, -0.1) is 0 Å². The van der Waals surface area contributed by atoms with Gasteiger partial charge in [-0.25, -0.2) is 0 Å². The molecule has 0 radical (unpaired) electrons. The summed E-state index contributed by atoms with van der Waals surface area (Å²) in [7, 11) is 0.816. The molecule has 1 aliphatic rings. The zero-order valence-electron chi connectivity index (χ0n) is 16.0. The van der Waals surface area contributed by atoms with Crippen LogP contribution in [0.2, 0.25) is 0 Å². The van der Waals surface area contributed by atoms with E-state index in [9.17, 15) is 40.7 Å². The van der Waals surface area contributed by atoms with Gasteiger partial charge in [0.2, 0.25) is 5.91 Å². The van der Waals surface area contributed by atoms with E-state index in [0.29, 0.717) is 11.0 Å². The van der Waals surface area contributed by atoms with E-state index in [0.717, 1.165) is 24.1 Å². The summed E-state index contributed by atoms with van der Waals surface area (Å²) in [5.74, 6) is -3.46. The predicted octanol–water partition coefficient (Wildman–Crippen LogP) is 1.36. The number of hydrogen-bond donors (Lipinski definition) is 2. The third-order valence-corrected chi connectivity index (χ3v) is 4.23. The number of nitrogens with two attached hydrogens (primary N) is 1. The molecule has 1 fully saturated rings. The zero-order chi connectivity index (χ0) is 23.6. The van der Waals surface area contributed by atoms with E-state index in [1.165, 1.54) is 0 Å². The number of ether oxygens (including phenoxy) is 1. The lowest BCUT2D eigenvalue weighted by Gasteiger charge is -2.29. The van der Waals surface area contributed by atoms with Crippen LogP contribution in [0.3, 0.4) is 0 Å². The van der Waals surface area contributed by atoms with Gasteiger partial charge >= 0.3 is 12.4 Å². The number of primary amides is 1. The van der Waals surface area contributed by atoms with Gasteiger partial charge in [0.25, 0.3) is 11.8 Å². The second-order valence-corrected chi connectivity index (χ2v) is 6.65. The molecule has 1 saturated heterocycles. The van der Waals surface area contributed by atoms with E-state index in [2.05, 4.69) is 0 Å². The quantitative estimate of drug-likeness (QED) is 0.497. The Bertz CT molecular complexity index is 858. The number of anilines is 2. The topological polar surface area (TPSA) is 105 Å². The lowest BCUT2D eigenvalue weighted by atomic mass is 10.1. The Balaban J connectivity index is 2.32. The molecular formula is C17H18F6N4O4. The van der Waals surface area contributed by atoms with Crippen molar-refractivity contribution in [2.45, 2.75) is 18.4 Å². The third-order valence-electron chi connectivity index (χ3n) is 4.23. The van der Waals surface area contributed by atoms with Gasteiger partial charge in [0, 0.05) is 12.2 Å². The van der Waals surface area contributed by atoms with Gasteiger partial charge < -0.3 is 20.7 Å². The van der Waals surface area contributed by atoms with Crippen molar-refractivity contribution in [2.24, 2.45) is 5.73 Å². The molecular weight excluding hydrogens is 438 g/mol. The SMILES string of the molecule is CN(CC(F)(F)F)[C@H](C(N)=O)C(=O)Nc1ccc(N2CCOCC2=O)c(C(F)(F)F)c1. The molecule has 2 rings (SSSR count). The highest BCUT2D eigenvalue weighted by Crippen LogP contribution is 2.38. The van der Waals surface area contributed by atoms with Gasteiger partial charge in [0.15, 0.2) is 6.04 Å². The van der Waals surface area contributed by atoms with Gasteiger partial charge in [-0.2, -0.15) is 26.3 Å². The average Bonchev–Trinajstić information content (AvgIpc) is 2.59. The molecule has 1 aromatic carbocycles. The first-order valence-corrected chi connectivity index (χ1v) is 8.67. The van der Waals surface area contributed by atoms with E-state index in [-0.39, 0.29) is 13.2 Å². The van der Waals surface area contributed by atoms with Crippen LogP contribution in [0, 0.1) is 0 Å². The number of carbonyl (C=O) groups is 3. The lowest BCUT2D eigenvalue weighted by molar-refractivity contribution is -0.154. The number of carbonyl (C=O) groups excluding carboxylic acids is 3. The molecule has 0 aromatic heterocycles. The van der Waals surface area contributed by atoms with Crippen LogP contribution in [-0.4, -0.2) is 68.2 Å². The summed E-state index contributed by atoms with van der Waals surface area (Å²) in [6.07, 6.45) is -9.68. The number of benzene rings is 1. The Morgan fingerprint density at radius 1 is 1.26 bits per heavy atom. The lowest BCUT2D eigenvalue weighted by Crippen LogP contribution is -2.52. The van der Waals surface area contributed by atoms with E-state index in [4.69, 9.17) is 10.5 Å². The van der Waals surface area contributed by atoms with Crippen LogP contribution in [0.25, 0.3) is 0 Å². The number of rotatable bonds is 6. The second-order valence-electron chi connectivity index (χ2n) is 6.65. The van der Waals surface area contributed by atoms with Gasteiger partial charge in [-0.1, -0.05) is 0 Å². The summed E-state index contributed by atoms with van der Waals surface area (Å²) in [5, 5.41) is 1.97. The Morgan fingerprint density at radius 2 is 1.90 bits per heavy atom. The summed E-state index contributed by atoms with van der Waals surface area (Å²) in [6.45, 7) is -2.16. The van der Waals surface area contributed by atoms with E-state index in [1.54, 1.807) is 0 Å². The number of nitrogens with one attached hydrogen (secondary N) is 1. The van der Waals surface area contributed by atoms with Crippen molar-refractivity contribution in [1.82, 2.24) is 4.90 Å². The van der Waals surface area contributed by atoms with Crippen LogP contribution >= 0.6 is 0 Å². The summed E-state index contributed by atoms with van der Waals surface area (Å²) in [5.41, 5.74) is 2.82. The van der Waals surface area contributed by atoms with Crippen molar-refractivity contribution in [3.63, 3.8) is 0 Å². The molecule has 3 amide bonds. The van der Waals surface area contributed by atoms with Crippen molar-refractivity contribution in [2.75, 3.05) is 43.6 Å². The van der Waals surface area contributed by atoms with E-state index >= 15 is 0 Å².